The third-order valence-electron chi connectivity index (χ3n) is 2.22. The van der Waals surface area contributed by atoms with Crippen molar-refractivity contribution in [3.8, 4) is 10.6 Å². The average Bonchev–Trinajstić information content (AvgIpc) is 2.81. The molecule has 0 fully saturated rings. The first kappa shape index (κ1) is 13.0. The monoisotopic (exact) mass is 273 g/mol. The molecule has 0 aliphatic carbocycles. The molecule has 0 aliphatic rings. The Balaban J connectivity index is 2.28. The van der Waals surface area contributed by atoms with Gasteiger partial charge in [0, 0.05) is 12.1 Å². The summed E-state index contributed by atoms with van der Waals surface area (Å²) in [5, 5.41) is 11.8. The van der Waals surface area contributed by atoms with Crippen molar-refractivity contribution in [2.24, 2.45) is 0 Å². The number of hydrogen-bond donors (Lipinski definition) is 1. The lowest BCUT2D eigenvalue weighted by atomic mass is 10.2. The van der Waals surface area contributed by atoms with Crippen molar-refractivity contribution in [3.63, 3.8) is 0 Å². The molecule has 0 spiro atoms. The van der Waals surface area contributed by atoms with Crippen molar-refractivity contribution in [2.45, 2.75) is 13.5 Å². The van der Waals surface area contributed by atoms with Crippen molar-refractivity contribution in [1.29, 1.82) is 0 Å². The van der Waals surface area contributed by atoms with Gasteiger partial charge in [-0.25, -0.2) is 13.2 Å². The molecule has 3 nitrogen and oxygen atoms in total. The summed E-state index contributed by atoms with van der Waals surface area (Å²) in [6, 6.07) is 1.83. The molecule has 1 aromatic heterocycles. The van der Waals surface area contributed by atoms with Gasteiger partial charge in [-0.3, -0.25) is 0 Å². The summed E-state index contributed by atoms with van der Waals surface area (Å²) in [6.45, 7) is 3.28. The molecule has 2 rings (SSSR count). The summed E-state index contributed by atoms with van der Waals surface area (Å²) in [4.78, 5) is 0. The maximum absolute atomic E-state index is 13.1. The lowest BCUT2D eigenvalue weighted by Crippen LogP contribution is -2.11. The maximum atomic E-state index is 13.1. The van der Waals surface area contributed by atoms with Gasteiger partial charge in [0.2, 0.25) is 0 Å². The molecule has 1 aromatic carbocycles. The van der Waals surface area contributed by atoms with Gasteiger partial charge in [-0.1, -0.05) is 18.3 Å². The van der Waals surface area contributed by atoms with Gasteiger partial charge in [0.15, 0.2) is 17.5 Å². The molecule has 7 heteroatoms. The van der Waals surface area contributed by atoms with Crippen LogP contribution in [-0.4, -0.2) is 16.7 Å². The second-order valence-electron chi connectivity index (χ2n) is 3.54. The van der Waals surface area contributed by atoms with Gasteiger partial charge < -0.3 is 5.32 Å². The highest BCUT2D eigenvalue weighted by molar-refractivity contribution is 7.14. The summed E-state index contributed by atoms with van der Waals surface area (Å²) < 4.78 is 38.9. The van der Waals surface area contributed by atoms with Gasteiger partial charge in [0.05, 0.1) is 0 Å². The number of aromatic nitrogens is 2. The molecular weight excluding hydrogens is 263 g/mol. The van der Waals surface area contributed by atoms with Gasteiger partial charge in [0.25, 0.3) is 0 Å². The van der Waals surface area contributed by atoms with Crippen LogP contribution in [0.5, 0.6) is 0 Å². The fourth-order valence-electron chi connectivity index (χ4n) is 1.35. The van der Waals surface area contributed by atoms with E-state index in [1.165, 1.54) is 11.3 Å². The third-order valence-corrected chi connectivity index (χ3v) is 3.20. The van der Waals surface area contributed by atoms with Gasteiger partial charge in [-0.2, -0.15) is 0 Å². The Bertz CT molecular complexity index is 533. The zero-order valence-electron chi connectivity index (χ0n) is 9.51. The molecule has 0 radical (unpaired) electrons. The summed E-state index contributed by atoms with van der Waals surface area (Å²) in [5.41, 5.74) is 0.187. The van der Waals surface area contributed by atoms with E-state index in [-0.39, 0.29) is 5.56 Å². The Hall–Kier alpha value is -1.47. The van der Waals surface area contributed by atoms with E-state index in [2.05, 4.69) is 15.5 Å². The zero-order valence-corrected chi connectivity index (χ0v) is 10.3. The van der Waals surface area contributed by atoms with E-state index in [1.807, 2.05) is 6.92 Å². The average molecular weight is 273 g/mol. The van der Waals surface area contributed by atoms with Crippen LogP contribution >= 0.6 is 11.3 Å². The van der Waals surface area contributed by atoms with Crippen LogP contribution in [0.15, 0.2) is 12.1 Å². The number of halogens is 3. The van der Waals surface area contributed by atoms with Crippen molar-refractivity contribution in [2.75, 3.05) is 6.54 Å². The van der Waals surface area contributed by atoms with Crippen LogP contribution in [0.2, 0.25) is 0 Å². The number of nitrogens with zero attached hydrogens (tertiary/aromatic N) is 2. The van der Waals surface area contributed by atoms with E-state index in [4.69, 9.17) is 0 Å². The smallest absolute Gasteiger partial charge is 0.194 e. The van der Waals surface area contributed by atoms with Crippen LogP contribution in [0.1, 0.15) is 11.9 Å². The SMILES string of the molecule is CCNCc1nnc(-c2cc(F)c(F)c(F)c2)s1. The molecule has 0 saturated heterocycles. The minimum Gasteiger partial charge on any atom is -0.311 e. The molecule has 0 saturated carbocycles. The zero-order chi connectivity index (χ0) is 13.1. The standard InChI is InChI=1S/C11H10F3N3S/c1-2-15-5-9-16-17-11(18-9)6-3-7(12)10(14)8(13)4-6/h3-4,15H,2,5H2,1H3. The molecule has 0 amide bonds. The highest BCUT2D eigenvalue weighted by Gasteiger charge is 2.14. The quantitative estimate of drug-likeness (QED) is 0.870. The molecule has 1 heterocycles. The Morgan fingerprint density at radius 2 is 1.83 bits per heavy atom. The highest BCUT2D eigenvalue weighted by Crippen LogP contribution is 2.26. The first-order chi connectivity index (χ1) is 8.61. The highest BCUT2D eigenvalue weighted by atomic mass is 32.1. The summed E-state index contributed by atoms with van der Waals surface area (Å²) in [7, 11) is 0. The summed E-state index contributed by atoms with van der Waals surface area (Å²) in [6.07, 6.45) is 0. The molecule has 18 heavy (non-hydrogen) atoms. The number of rotatable bonds is 4. The maximum Gasteiger partial charge on any atom is 0.194 e. The van der Waals surface area contributed by atoms with Gasteiger partial charge in [-0.15, -0.1) is 10.2 Å². The number of hydrogen-bond acceptors (Lipinski definition) is 4. The van der Waals surface area contributed by atoms with Crippen LogP contribution in [0.25, 0.3) is 10.6 Å². The van der Waals surface area contributed by atoms with Gasteiger partial charge >= 0.3 is 0 Å². The van der Waals surface area contributed by atoms with Crippen LogP contribution in [0.3, 0.4) is 0 Å². The molecule has 0 bridgehead atoms. The molecular formula is C11H10F3N3S. The lowest BCUT2D eigenvalue weighted by Gasteiger charge is -1.98. The van der Waals surface area contributed by atoms with Crippen molar-refractivity contribution < 1.29 is 13.2 Å². The van der Waals surface area contributed by atoms with Crippen LogP contribution in [0.4, 0.5) is 13.2 Å². The first-order valence-electron chi connectivity index (χ1n) is 5.29. The Morgan fingerprint density at radius 1 is 1.17 bits per heavy atom. The minimum absolute atomic E-state index is 0.187. The fraction of sp³-hybridized carbons (Fsp3) is 0.273. The van der Waals surface area contributed by atoms with Gasteiger partial charge in [-0.05, 0) is 18.7 Å². The topological polar surface area (TPSA) is 37.8 Å². The number of nitrogens with one attached hydrogen (secondary N) is 1. The van der Waals surface area contributed by atoms with Gasteiger partial charge in [0.1, 0.15) is 10.0 Å². The van der Waals surface area contributed by atoms with Crippen LogP contribution < -0.4 is 5.32 Å². The largest absolute Gasteiger partial charge is 0.311 e. The molecule has 0 aliphatic heterocycles. The molecule has 0 atom stereocenters. The van der Waals surface area contributed by atoms with E-state index in [9.17, 15) is 13.2 Å². The molecule has 0 unspecified atom stereocenters. The predicted octanol–water partition coefficient (Wildman–Crippen LogP) is 2.73. The Kier molecular flexibility index (Phi) is 3.93. The Morgan fingerprint density at radius 3 is 2.44 bits per heavy atom. The van der Waals surface area contributed by atoms with E-state index < -0.39 is 17.5 Å². The first-order valence-corrected chi connectivity index (χ1v) is 6.11. The normalized spacial score (nSPS) is 10.9. The van der Waals surface area contributed by atoms with E-state index in [0.29, 0.717) is 16.6 Å². The second kappa shape index (κ2) is 5.45. The van der Waals surface area contributed by atoms with E-state index in [1.54, 1.807) is 0 Å². The van der Waals surface area contributed by atoms with Crippen molar-refractivity contribution >= 4 is 11.3 Å². The molecule has 2 aromatic rings. The molecule has 96 valence electrons. The van der Waals surface area contributed by atoms with Crippen LogP contribution in [-0.2, 0) is 6.54 Å². The molecule has 1 N–H and O–H groups in total. The van der Waals surface area contributed by atoms with Crippen molar-refractivity contribution in [3.05, 3.63) is 34.6 Å². The predicted molar refractivity (Wildman–Crippen MR) is 62.6 cm³/mol. The van der Waals surface area contributed by atoms with Crippen molar-refractivity contribution in [1.82, 2.24) is 15.5 Å². The second-order valence-corrected chi connectivity index (χ2v) is 4.60. The Labute approximate surface area is 106 Å². The summed E-state index contributed by atoms with van der Waals surface area (Å²) in [5.74, 6) is -3.93. The fourth-order valence-corrected chi connectivity index (χ4v) is 2.15. The lowest BCUT2D eigenvalue weighted by molar-refractivity contribution is 0.447. The number of benzene rings is 1. The van der Waals surface area contributed by atoms with E-state index >= 15 is 0 Å². The third kappa shape index (κ3) is 2.68. The van der Waals surface area contributed by atoms with Crippen LogP contribution in [0, 0.1) is 17.5 Å². The van der Waals surface area contributed by atoms with E-state index in [0.717, 1.165) is 18.7 Å². The minimum atomic E-state index is -1.48. The summed E-state index contributed by atoms with van der Waals surface area (Å²) >= 11 is 1.21.